The maximum atomic E-state index is 12.8. The van der Waals surface area contributed by atoms with Gasteiger partial charge in [-0.05, 0) is 50.2 Å². The quantitative estimate of drug-likeness (QED) is 0.515. The molecule has 3 aromatic rings. The standard InChI is InChI=1S/C22H24N2O5S2/c1-4-29-18-11-9-16(10-12-18)22-23-17(13-30-22)14-31(26,27)15(2)21(25)24-19-7-5-6-8-20(19)28-3/h5-13,15H,4,14H2,1-3H3,(H,24,25). The number of aromatic nitrogens is 1. The van der Waals surface area contributed by atoms with Gasteiger partial charge in [-0.3, -0.25) is 4.79 Å². The van der Waals surface area contributed by atoms with Gasteiger partial charge in [0.2, 0.25) is 5.91 Å². The van der Waals surface area contributed by atoms with E-state index >= 15 is 0 Å². The van der Waals surface area contributed by atoms with E-state index in [9.17, 15) is 13.2 Å². The predicted octanol–water partition coefficient (Wildman–Crippen LogP) is 4.16. The Balaban J connectivity index is 1.69. The molecule has 1 aromatic heterocycles. The highest BCUT2D eigenvalue weighted by atomic mass is 32.2. The zero-order valence-electron chi connectivity index (χ0n) is 17.5. The van der Waals surface area contributed by atoms with Crippen LogP contribution in [0.25, 0.3) is 10.6 Å². The van der Waals surface area contributed by atoms with Crippen LogP contribution in [0.1, 0.15) is 19.5 Å². The zero-order chi connectivity index (χ0) is 22.4. The summed E-state index contributed by atoms with van der Waals surface area (Å²) in [5.74, 6) is 0.285. The summed E-state index contributed by atoms with van der Waals surface area (Å²) in [5, 5.41) is 3.79. The lowest BCUT2D eigenvalue weighted by molar-refractivity contribution is -0.115. The summed E-state index contributed by atoms with van der Waals surface area (Å²) in [6.07, 6.45) is 0. The molecule has 0 bridgehead atoms. The lowest BCUT2D eigenvalue weighted by Crippen LogP contribution is -2.33. The van der Waals surface area contributed by atoms with Crippen molar-refractivity contribution in [3.8, 4) is 22.1 Å². The van der Waals surface area contributed by atoms with E-state index in [0.717, 1.165) is 11.3 Å². The normalized spacial score (nSPS) is 12.2. The highest BCUT2D eigenvalue weighted by Crippen LogP contribution is 2.27. The summed E-state index contributed by atoms with van der Waals surface area (Å²) in [4.78, 5) is 17.0. The fourth-order valence-corrected chi connectivity index (χ4v) is 4.97. The summed E-state index contributed by atoms with van der Waals surface area (Å²) in [7, 11) is -2.28. The summed E-state index contributed by atoms with van der Waals surface area (Å²) in [6, 6.07) is 14.3. The first-order valence-corrected chi connectivity index (χ1v) is 12.3. The van der Waals surface area contributed by atoms with Gasteiger partial charge < -0.3 is 14.8 Å². The van der Waals surface area contributed by atoms with E-state index < -0.39 is 21.0 Å². The van der Waals surface area contributed by atoms with Gasteiger partial charge in [-0.1, -0.05) is 12.1 Å². The van der Waals surface area contributed by atoms with E-state index in [-0.39, 0.29) is 5.75 Å². The summed E-state index contributed by atoms with van der Waals surface area (Å²) < 4.78 is 36.2. The van der Waals surface area contributed by atoms with Gasteiger partial charge in [0.15, 0.2) is 9.84 Å². The number of carbonyl (C=O) groups excluding carboxylic acids is 1. The molecule has 1 N–H and O–H groups in total. The number of amides is 1. The van der Waals surface area contributed by atoms with Gasteiger partial charge in [0.25, 0.3) is 0 Å². The molecular formula is C22H24N2O5S2. The minimum atomic E-state index is -3.76. The second kappa shape index (κ2) is 9.93. The molecule has 0 aliphatic heterocycles. The SMILES string of the molecule is CCOc1ccc(-c2nc(CS(=O)(=O)C(C)C(=O)Nc3ccccc3OC)cs2)cc1. The second-order valence-corrected chi connectivity index (χ2v) is 9.92. The number of nitrogens with one attached hydrogen (secondary N) is 1. The molecule has 0 aliphatic rings. The molecular weight excluding hydrogens is 436 g/mol. The Labute approximate surface area is 186 Å². The number of hydrogen-bond acceptors (Lipinski definition) is 7. The molecule has 3 rings (SSSR count). The summed E-state index contributed by atoms with van der Waals surface area (Å²) in [6.45, 7) is 3.88. The summed E-state index contributed by atoms with van der Waals surface area (Å²) >= 11 is 1.36. The van der Waals surface area contributed by atoms with Gasteiger partial charge in [0.1, 0.15) is 21.8 Å². The van der Waals surface area contributed by atoms with Gasteiger partial charge in [0.05, 0.1) is 30.9 Å². The first-order valence-electron chi connectivity index (χ1n) is 9.67. The Morgan fingerprint density at radius 2 is 1.87 bits per heavy atom. The zero-order valence-corrected chi connectivity index (χ0v) is 19.1. The van der Waals surface area contributed by atoms with Crippen molar-refractivity contribution in [1.82, 2.24) is 4.98 Å². The smallest absolute Gasteiger partial charge is 0.242 e. The number of carbonyl (C=O) groups is 1. The van der Waals surface area contributed by atoms with Crippen molar-refractivity contribution in [1.29, 1.82) is 0 Å². The van der Waals surface area contributed by atoms with Crippen molar-refractivity contribution in [2.45, 2.75) is 24.9 Å². The molecule has 0 saturated carbocycles. The van der Waals surface area contributed by atoms with E-state index in [0.29, 0.717) is 28.7 Å². The fourth-order valence-electron chi connectivity index (χ4n) is 2.84. The Morgan fingerprint density at radius 3 is 2.55 bits per heavy atom. The highest BCUT2D eigenvalue weighted by Gasteiger charge is 2.29. The van der Waals surface area contributed by atoms with Crippen molar-refractivity contribution in [3.05, 3.63) is 59.6 Å². The van der Waals surface area contributed by atoms with Crippen LogP contribution in [0, 0.1) is 0 Å². The lowest BCUT2D eigenvalue weighted by Gasteiger charge is -2.14. The Kier molecular flexibility index (Phi) is 7.29. The molecule has 164 valence electrons. The molecule has 31 heavy (non-hydrogen) atoms. The molecule has 2 aromatic carbocycles. The Bertz CT molecular complexity index is 1140. The largest absolute Gasteiger partial charge is 0.495 e. The van der Waals surface area contributed by atoms with E-state index in [2.05, 4.69) is 10.3 Å². The summed E-state index contributed by atoms with van der Waals surface area (Å²) in [5.41, 5.74) is 1.70. The first-order chi connectivity index (χ1) is 14.8. The van der Waals surface area contributed by atoms with Crippen LogP contribution in [0.2, 0.25) is 0 Å². The third kappa shape index (κ3) is 5.62. The molecule has 9 heteroatoms. The number of rotatable bonds is 9. The van der Waals surface area contributed by atoms with Crippen LogP contribution in [-0.4, -0.2) is 38.3 Å². The van der Waals surface area contributed by atoms with Gasteiger partial charge in [-0.15, -0.1) is 11.3 Å². The van der Waals surface area contributed by atoms with E-state index in [1.807, 2.05) is 31.2 Å². The van der Waals surface area contributed by atoms with Gasteiger partial charge in [-0.25, -0.2) is 13.4 Å². The van der Waals surface area contributed by atoms with Crippen molar-refractivity contribution >= 4 is 32.8 Å². The molecule has 1 unspecified atom stereocenters. The topological polar surface area (TPSA) is 94.6 Å². The van der Waals surface area contributed by atoms with Crippen LogP contribution >= 0.6 is 11.3 Å². The highest BCUT2D eigenvalue weighted by molar-refractivity contribution is 7.92. The van der Waals surface area contributed by atoms with Gasteiger partial charge >= 0.3 is 0 Å². The fraction of sp³-hybridized carbons (Fsp3) is 0.273. The minimum Gasteiger partial charge on any atom is -0.495 e. The molecule has 0 saturated heterocycles. The number of methoxy groups -OCH3 is 1. The molecule has 1 atom stereocenters. The third-order valence-corrected chi connectivity index (χ3v) is 7.52. The van der Waals surface area contributed by atoms with E-state index in [4.69, 9.17) is 9.47 Å². The van der Waals surface area contributed by atoms with Gasteiger partial charge in [-0.2, -0.15) is 0 Å². The molecule has 1 heterocycles. The average molecular weight is 461 g/mol. The van der Waals surface area contributed by atoms with Crippen LogP contribution < -0.4 is 14.8 Å². The van der Waals surface area contributed by atoms with Gasteiger partial charge in [0, 0.05) is 10.9 Å². The molecule has 0 spiro atoms. The number of nitrogens with zero attached hydrogens (tertiary/aromatic N) is 1. The predicted molar refractivity (Wildman–Crippen MR) is 122 cm³/mol. The van der Waals surface area contributed by atoms with E-state index in [1.165, 1.54) is 25.4 Å². The Morgan fingerprint density at radius 1 is 1.16 bits per heavy atom. The second-order valence-electron chi connectivity index (χ2n) is 6.74. The lowest BCUT2D eigenvalue weighted by atomic mass is 10.2. The Hall–Kier alpha value is -2.91. The number of hydrogen-bond donors (Lipinski definition) is 1. The maximum Gasteiger partial charge on any atom is 0.242 e. The number of thiazole rings is 1. The number of para-hydroxylation sites is 2. The third-order valence-electron chi connectivity index (χ3n) is 4.59. The van der Waals surface area contributed by atoms with E-state index in [1.54, 1.807) is 29.6 Å². The average Bonchev–Trinajstić information content (AvgIpc) is 3.22. The van der Waals surface area contributed by atoms with Crippen LogP contribution in [-0.2, 0) is 20.4 Å². The van der Waals surface area contributed by atoms with Crippen molar-refractivity contribution < 1.29 is 22.7 Å². The van der Waals surface area contributed by atoms with Crippen molar-refractivity contribution in [2.24, 2.45) is 0 Å². The molecule has 0 fully saturated rings. The first kappa shape index (κ1) is 22.8. The van der Waals surface area contributed by atoms with Crippen molar-refractivity contribution in [3.63, 3.8) is 0 Å². The number of benzene rings is 2. The van der Waals surface area contributed by atoms with Crippen LogP contribution in [0.5, 0.6) is 11.5 Å². The number of ether oxygens (including phenoxy) is 2. The molecule has 0 aliphatic carbocycles. The monoisotopic (exact) mass is 460 g/mol. The van der Waals surface area contributed by atoms with Crippen LogP contribution in [0.15, 0.2) is 53.9 Å². The van der Waals surface area contributed by atoms with Crippen LogP contribution in [0.3, 0.4) is 0 Å². The molecule has 1 amide bonds. The maximum absolute atomic E-state index is 12.8. The number of anilines is 1. The minimum absolute atomic E-state index is 0.318. The number of sulfone groups is 1. The van der Waals surface area contributed by atoms with Crippen LogP contribution in [0.4, 0.5) is 5.69 Å². The molecule has 0 radical (unpaired) electrons. The van der Waals surface area contributed by atoms with Crippen molar-refractivity contribution in [2.75, 3.05) is 19.0 Å². The molecule has 7 nitrogen and oxygen atoms in total.